The Morgan fingerprint density at radius 1 is 1.19 bits per heavy atom. The van der Waals surface area contributed by atoms with E-state index in [1.165, 1.54) is 12.1 Å². The highest BCUT2D eigenvalue weighted by Crippen LogP contribution is 2.41. The second kappa shape index (κ2) is 7.28. The van der Waals surface area contributed by atoms with Crippen molar-refractivity contribution in [2.75, 3.05) is 6.54 Å². The fourth-order valence-corrected chi connectivity index (χ4v) is 3.01. The lowest BCUT2D eigenvalue weighted by Crippen LogP contribution is -2.29. The monoisotopic (exact) mass is 366 g/mol. The Morgan fingerprint density at radius 2 is 1.89 bits per heavy atom. The van der Waals surface area contributed by atoms with Crippen LogP contribution in [-0.2, 0) is 0 Å². The van der Waals surface area contributed by atoms with Crippen LogP contribution < -0.4 is 5.32 Å². The van der Waals surface area contributed by atoms with E-state index in [-0.39, 0.29) is 29.9 Å². The first kappa shape index (κ1) is 17.4. The average molecular weight is 366 g/mol. The van der Waals surface area contributed by atoms with Gasteiger partial charge in [0.15, 0.2) is 5.69 Å². The highest BCUT2D eigenvalue weighted by molar-refractivity contribution is 5.93. The molecule has 1 aliphatic carbocycles. The molecule has 0 bridgehead atoms. The van der Waals surface area contributed by atoms with Gasteiger partial charge >= 0.3 is 0 Å². The van der Waals surface area contributed by atoms with E-state index in [0.717, 1.165) is 24.1 Å². The van der Waals surface area contributed by atoms with E-state index in [4.69, 9.17) is 0 Å². The van der Waals surface area contributed by atoms with Crippen molar-refractivity contribution in [2.24, 2.45) is 0 Å². The minimum absolute atomic E-state index is 0.0797. The van der Waals surface area contributed by atoms with E-state index in [0.29, 0.717) is 5.69 Å². The number of nitrogens with zero attached hydrogens (tertiary/aromatic N) is 3. The molecule has 1 fully saturated rings. The number of hydrogen-bond donors (Lipinski definition) is 2. The molecular formula is C20H19FN4O2. The number of amides is 1. The molecule has 1 heterocycles. The van der Waals surface area contributed by atoms with Gasteiger partial charge in [-0.05, 0) is 42.7 Å². The first-order valence-electron chi connectivity index (χ1n) is 8.86. The zero-order valence-corrected chi connectivity index (χ0v) is 14.5. The van der Waals surface area contributed by atoms with Crippen molar-refractivity contribution in [3.05, 3.63) is 77.4 Å². The second-order valence-electron chi connectivity index (χ2n) is 6.62. The van der Waals surface area contributed by atoms with Crippen LogP contribution in [0, 0.1) is 5.82 Å². The van der Waals surface area contributed by atoms with Crippen molar-refractivity contribution >= 4 is 5.91 Å². The maximum atomic E-state index is 13.2. The maximum Gasteiger partial charge on any atom is 0.273 e. The first-order valence-corrected chi connectivity index (χ1v) is 8.86. The van der Waals surface area contributed by atoms with Crippen LogP contribution in [0.1, 0.15) is 46.6 Å². The summed E-state index contributed by atoms with van der Waals surface area (Å²) in [6, 6.07) is 15.1. The molecule has 138 valence electrons. The Labute approximate surface area is 155 Å². The molecule has 1 aromatic heterocycles. The van der Waals surface area contributed by atoms with Gasteiger partial charge in [-0.1, -0.05) is 35.5 Å². The molecule has 0 radical (unpaired) electrons. The Balaban J connectivity index is 1.53. The third kappa shape index (κ3) is 3.73. The third-order valence-electron chi connectivity index (χ3n) is 4.60. The van der Waals surface area contributed by atoms with Crippen molar-refractivity contribution < 1.29 is 14.3 Å². The van der Waals surface area contributed by atoms with Crippen LogP contribution in [0.2, 0.25) is 0 Å². The summed E-state index contributed by atoms with van der Waals surface area (Å²) in [5, 5.41) is 21.1. The van der Waals surface area contributed by atoms with Crippen LogP contribution in [0.25, 0.3) is 5.69 Å². The van der Waals surface area contributed by atoms with E-state index in [2.05, 4.69) is 15.6 Å². The number of hydrogen-bond acceptors (Lipinski definition) is 4. The van der Waals surface area contributed by atoms with Gasteiger partial charge in [0, 0.05) is 12.5 Å². The number of carbonyl (C=O) groups is 1. The predicted molar refractivity (Wildman–Crippen MR) is 97.0 cm³/mol. The van der Waals surface area contributed by atoms with Gasteiger partial charge in [-0.25, -0.2) is 9.07 Å². The fraction of sp³-hybridized carbons (Fsp3) is 0.250. The quantitative estimate of drug-likeness (QED) is 0.703. The number of nitrogens with one attached hydrogen (secondary N) is 1. The lowest BCUT2D eigenvalue weighted by molar-refractivity contribution is 0.0910. The van der Waals surface area contributed by atoms with Crippen LogP contribution >= 0.6 is 0 Å². The summed E-state index contributed by atoms with van der Waals surface area (Å²) < 4.78 is 14.8. The van der Waals surface area contributed by atoms with Gasteiger partial charge in [0.25, 0.3) is 5.91 Å². The molecule has 0 unspecified atom stereocenters. The lowest BCUT2D eigenvalue weighted by atomic mass is 10.1. The van der Waals surface area contributed by atoms with E-state index in [9.17, 15) is 14.3 Å². The number of rotatable bonds is 6. The number of halogens is 1. The first-order chi connectivity index (χ1) is 13.1. The molecule has 2 N–H and O–H groups in total. The van der Waals surface area contributed by atoms with Gasteiger partial charge in [0.1, 0.15) is 5.82 Å². The molecule has 7 heteroatoms. The van der Waals surface area contributed by atoms with Gasteiger partial charge in [-0.15, -0.1) is 5.10 Å². The molecule has 2 aromatic carbocycles. The fourth-order valence-electron chi connectivity index (χ4n) is 3.01. The molecule has 0 aliphatic heterocycles. The Kier molecular flexibility index (Phi) is 4.68. The summed E-state index contributed by atoms with van der Waals surface area (Å²) in [6.07, 6.45) is 1.12. The Bertz CT molecular complexity index is 936. The Hall–Kier alpha value is -3.06. The second-order valence-corrected chi connectivity index (χ2v) is 6.62. The molecule has 1 aliphatic rings. The molecule has 27 heavy (non-hydrogen) atoms. The molecule has 4 rings (SSSR count). The normalized spacial score (nSPS) is 14.7. The van der Waals surface area contributed by atoms with Crippen molar-refractivity contribution in [3.8, 4) is 5.69 Å². The number of aliphatic hydroxyl groups is 1. The van der Waals surface area contributed by atoms with Crippen LogP contribution in [0.3, 0.4) is 0 Å². The van der Waals surface area contributed by atoms with Crippen LogP contribution in [-0.4, -0.2) is 32.6 Å². The summed E-state index contributed by atoms with van der Waals surface area (Å²) in [5.74, 6) is -0.496. The van der Waals surface area contributed by atoms with Crippen LogP contribution in [0.15, 0.2) is 54.6 Å². The summed E-state index contributed by atoms with van der Waals surface area (Å²) in [7, 11) is 0. The van der Waals surface area contributed by atoms with E-state index in [1.54, 1.807) is 28.9 Å². The number of benzene rings is 2. The van der Waals surface area contributed by atoms with Crippen molar-refractivity contribution in [1.29, 1.82) is 0 Å². The SMILES string of the molecule is O=C(NC[C@H](O)c1ccccc1)c1nnn(-c2ccc(F)cc2)c1C1CC1. The molecule has 6 nitrogen and oxygen atoms in total. The van der Waals surface area contributed by atoms with Crippen molar-refractivity contribution in [1.82, 2.24) is 20.3 Å². The molecule has 1 amide bonds. The smallest absolute Gasteiger partial charge is 0.273 e. The van der Waals surface area contributed by atoms with Gasteiger partial charge in [0.2, 0.25) is 0 Å². The number of carbonyl (C=O) groups excluding carboxylic acids is 1. The summed E-state index contributed by atoms with van der Waals surface area (Å²) in [5.41, 5.74) is 2.37. The maximum absolute atomic E-state index is 13.2. The van der Waals surface area contributed by atoms with E-state index < -0.39 is 6.10 Å². The zero-order chi connectivity index (χ0) is 18.8. The van der Waals surface area contributed by atoms with Crippen molar-refractivity contribution in [2.45, 2.75) is 24.9 Å². The molecular weight excluding hydrogens is 347 g/mol. The number of aromatic nitrogens is 3. The van der Waals surface area contributed by atoms with E-state index in [1.807, 2.05) is 18.2 Å². The van der Waals surface area contributed by atoms with Gasteiger partial charge in [0.05, 0.1) is 17.5 Å². The molecule has 1 atom stereocenters. The largest absolute Gasteiger partial charge is 0.387 e. The molecule has 0 saturated heterocycles. The Morgan fingerprint density at radius 3 is 2.56 bits per heavy atom. The van der Waals surface area contributed by atoms with Crippen molar-refractivity contribution in [3.63, 3.8) is 0 Å². The molecule has 3 aromatic rings. The summed E-state index contributed by atoms with van der Waals surface area (Å²) in [4.78, 5) is 12.6. The third-order valence-corrected chi connectivity index (χ3v) is 4.60. The van der Waals surface area contributed by atoms with E-state index >= 15 is 0 Å². The van der Waals surface area contributed by atoms with Crippen LogP contribution in [0.4, 0.5) is 4.39 Å². The van der Waals surface area contributed by atoms with Gasteiger partial charge in [-0.2, -0.15) is 0 Å². The van der Waals surface area contributed by atoms with Crippen LogP contribution in [0.5, 0.6) is 0 Å². The number of aliphatic hydroxyl groups excluding tert-OH is 1. The highest BCUT2D eigenvalue weighted by Gasteiger charge is 2.34. The molecule has 0 spiro atoms. The van der Waals surface area contributed by atoms with Gasteiger partial charge < -0.3 is 10.4 Å². The lowest BCUT2D eigenvalue weighted by Gasteiger charge is -2.12. The zero-order valence-electron chi connectivity index (χ0n) is 14.5. The minimum atomic E-state index is -0.799. The minimum Gasteiger partial charge on any atom is -0.387 e. The standard InChI is InChI=1S/C20H19FN4O2/c21-15-8-10-16(11-9-15)25-19(14-6-7-14)18(23-24-25)20(27)22-12-17(26)13-4-2-1-3-5-13/h1-5,8-11,14,17,26H,6-7,12H2,(H,22,27)/t17-/m0/s1. The topological polar surface area (TPSA) is 80.0 Å². The summed E-state index contributed by atoms with van der Waals surface area (Å²) >= 11 is 0. The summed E-state index contributed by atoms with van der Waals surface area (Å²) in [6.45, 7) is 0.0797. The van der Waals surface area contributed by atoms with Gasteiger partial charge in [-0.3, -0.25) is 4.79 Å². The average Bonchev–Trinajstić information content (AvgIpc) is 3.45. The predicted octanol–water partition coefficient (Wildman–Crippen LogP) is 2.75. The highest BCUT2D eigenvalue weighted by atomic mass is 19.1. The molecule has 1 saturated carbocycles.